The van der Waals surface area contributed by atoms with Crippen LogP contribution in [0.3, 0.4) is 0 Å². The minimum Gasteiger partial charge on any atom is -0.489 e. The van der Waals surface area contributed by atoms with Gasteiger partial charge in [0.25, 0.3) is 0 Å². The summed E-state index contributed by atoms with van der Waals surface area (Å²) in [4.78, 5) is 11.9. The van der Waals surface area contributed by atoms with Crippen molar-refractivity contribution < 1.29 is 14.6 Å². The van der Waals surface area contributed by atoms with Crippen molar-refractivity contribution in [2.24, 2.45) is 0 Å². The zero-order valence-corrected chi connectivity index (χ0v) is 17.4. The smallest absolute Gasteiger partial charge is 0.303 e. The quantitative estimate of drug-likeness (QED) is 0.495. The summed E-state index contributed by atoms with van der Waals surface area (Å²) in [5, 5.41) is 9.38. The molecule has 0 fully saturated rings. The Bertz CT molecular complexity index is 984. The van der Waals surface area contributed by atoms with Crippen LogP contribution in [-0.4, -0.2) is 15.4 Å². The molecule has 0 saturated heterocycles. The van der Waals surface area contributed by atoms with Gasteiger partial charge in [0.1, 0.15) is 17.5 Å². The molecule has 3 aromatic rings. The van der Waals surface area contributed by atoms with Crippen LogP contribution in [0.25, 0.3) is 10.4 Å². The molecule has 0 unspecified atom stereocenters. The molecule has 2 aromatic carbocycles. The lowest BCUT2D eigenvalue weighted by atomic mass is 10.0. The van der Waals surface area contributed by atoms with Crippen molar-refractivity contribution in [3.05, 3.63) is 69.9 Å². The molecule has 0 spiro atoms. The largest absolute Gasteiger partial charge is 0.489 e. The maximum absolute atomic E-state index is 10.8. The highest BCUT2D eigenvalue weighted by molar-refractivity contribution is 7.10. The molecule has 0 aliphatic carbocycles. The van der Waals surface area contributed by atoms with Gasteiger partial charge in [-0.2, -0.15) is 4.37 Å². The number of carboxylic acid groups (broad SMARTS) is 1. The van der Waals surface area contributed by atoms with E-state index in [4.69, 9.17) is 21.4 Å². The number of rotatable bonds is 8. The van der Waals surface area contributed by atoms with Crippen molar-refractivity contribution in [1.82, 2.24) is 4.37 Å². The minimum atomic E-state index is -0.786. The van der Waals surface area contributed by atoms with E-state index in [0.29, 0.717) is 18.2 Å². The molecule has 146 valence electrons. The molecule has 0 aliphatic rings. The van der Waals surface area contributed by atoms with Crippen LogP contribution in [0.15, 0.2) is 42.5 Å². The lowest BCUT2D eigenvalue weighted by Crippen LogP contribution is -2.02. The first-order valence-corrected chi connectivity index (χ1v) is 10.3. The zero-order chi connectivity index (χ0) is 20.1. The number of ether oxygens (including phenoxy) is 1. The Morgan fingerprint density at radius 3 is 2.71 bits per heavy atom. The Morgan fingerprint density at radius 1 is 1.21 bits per heavy atom. The average molecular weight is 416 g/mol. The van der Waals surface area contributed by atoms with E-state index in [9.17, 15) is 4.79 Å². The van der Waals surface area contributed by atoms with Crippen LogP contribution in [0.4, 0.5) is 0 Å². The van der Waals surface area contributed by atoms with Crippen LogP contribution < -0.4 is 4.74 Å². The van der Waals surface area contributed by atoms with E-state index in [1.807, 2.05) is 30.3 Å². The molecule has 0 atom stereocenters. The molecule has 4 nitrogen and oxygen atoms in total. The Balaban J connectivity index is 1.79. The van der Waals surface area contributed by atoms with Gasteiger partial charge in [-0.25, -0.2) is 0 Å². The van der Waals surface area contributed by atoms with E-state index in [-0.39, 0.29) is 6.42 Å². The van der Waals surface area contributed by atoms with Crippen molar-refractivity contribution in [2.45, 2.75) is 39.7 Å². The number of carbonyl (C=O) groups is 1. The number of aryl methyl sites for hydroxylation is 3. The van der Waals surface area contributed by atoms with Gasteiger partial charge >= 0.3 is 5.97 Å². The average Bonchev–Trinajstić information content (AvgIpc) is 3.05. The van der Waals surface area contributed by atoms with Gasteiger partial charge in [-0.1, -0.05) is 48.9 Å². The topological polar surface area (TPSA) is 59.4 Å². The summed E-state index contributed by atoms with van der Waals surface area (Å²) in [6.07, 6.45) is 1.47. The van der Waals surface area contributed by atoms with Gasteiger partial charge in [0.2, 0.25) is 0 Å². The summed E-state index contributed by atoms with van der Waals surface area (Å²) in [6, 6.07) is 14.0. The molecule has 0 bridgehead atoms. The summed E-state index contributed by atoms with van der Waals surface area (Å²) >= 11 is 7.71. The maximum atomic E-state index is 10.8. The summed E-state index contributed by atoms with van der Waals surface area (Å²) in [5.41, 5.74) is 5.32. The third-order valence-corrected chi connectivity index (χ3v) is 6.02. The number of halogens is 1. The van der Waals surface area contributed by atoms with Gasteiger partial charge in [0.05, 0.1) is 4.88 Å². The van der Waals surface area contributed by atoms with Crippen LogP contribution >= 0.6 is 23.1 Å². The summed E-state index contributed by atoms with van der Waals surface area (Å²) in [5.74, 6) is -0.0420. The lowest BCUT2D eigenvalue weighted by Gasteiger charge is -2.12. The van der Waals surface area contributed by atoms with E-state index < -0.39 is 5.97 Å². The Kier molecular flexibility index (Phi) is 6.70. The first kappa shape index (κ1) is 20.4. The van der Waals surface area contributed by atoms with E-state index in [2.05, 4.69) is 30.4 Å². The Labute approximate surface area is 173 Å². The molecular formula is C22H22ClNO3S. The van der Waals surface area contributed by atoms with Crippen LogP contribution in [-0.2, 0) is 24.2 Å². The number of hydrogen-bond acceptors (Lipinski definition) is 4. The predicted octanol–water partition coefficient (Wildman–Crippen LogP) is 5.93. The van der Waals surface area contributed by atoms with Crippen molar-refractivity contribution in [1.29, 1.82) is 0 Å². The Morgan fingerprint density at radius 2 is 2.00 bits per heavy atom. The summed E-state index contributed by atoms with van der Waals surface area (Å²) < 4.78 is 10.3. The van der Waals surface area contributed by atoms with Gasteiger partial charge in [0, 0.05) is 12.0 Å². The third kappa shape index (κ3) is 4.72. The number of aliphatic carboxylic acids is 1. The van der Waals surface area contributed by atoms with Crippen molar-refractivity contribution in [2.75, 3.05) is 0 Å². The van der Waals surface area contributed by atoms with Gasteiger partial charge in [-0.3, -0.25) is 4.79 Å². The van der Waals surface area contributed by atoms with Gasteiger partial charge in [-0.05, 0) is 65.7 Å². The van der Waals surface area contributed by atoms with Gasteiger partial charge in [0.15, 0.2) is 0 Å². The first-order valence-electron chi connectivity index (χ1n) is 9.16. The molecule has 1 heterocycles. The summed E-state index contributed by atoms with van der Waals surface area (Å²) in [7, 11) is 0. The fourth-order valence-corrected chi connectivity index (χ4v) is 4.30. The second-order valence-electron chi connectivity index (χ2n) is 6.56. The van der Waals surface area contributed by atoms with E-state index in [1.54, 1.807) is 0 Å². The molecule has 1 N–H and O–H groups in total. The number of hydrogen-bond donors (Lipinski definition) is 1. The van der Waals surface area contributed by atoms with Crippen LogP contribution in [0.5, 0.6) is 5.75 Å². The second-order valence-corrected chi connectivity index (χ2v) is 7.69. The highest BCUT2D eigenvalue weighted by Gasteiger charge is 2.16. The lowest BCUT2D eigenvalue weighted by molar-refractivity contribution is -0.136. The SMILES string of the molecule is CCc1cc(OCc2c(Cl)nsc2-c2ccccc2C)ccc1CCC(=O)O. The molecule has 6 heteroatoms. The van der Waals surface area contributed by atoms with Crippen molar-refractivity contribution in [3.8, 4) is 16.2 Å². The molecule has 0 amide bonds. The number of benzene rings is 2. The first-order chi connectivity index (χ1) is 13.5. The molecule has 0 saturated carbocycles. The van der Waals surface area contributed by atoms with Gasteiger partial charge < -0.3 is 9.84 Å². The fourth-order valence-electron chi connectivity index (χ4n) is 3.12. The van der Waals surface area contributed by atoms with Crippen LogP contribution in [0.2, 0.25) is 5.15 Å². The molecule has 0 radical (unpaired) electrons. The summed E-state index contributed by atoms with van der Waals surface area (Å²) in [6.45, 7) is 4.45. The molecule has 1 aromatic heterocycles. The van der Waals surface area contributed by atoms with E-state index >= 15 is 0 Å². The number of nitrogens with zero attached hydrogens (tertiary/aromatic N) is 1. The normalized spacial score (nSPS) is 10.8. The number of aromatic nitrogens is 1. The monoisotopic (exact) mass is 415 g/mol. The molecule has 0 aliphatic heterocycles. The highest BCUT2D eigenvalue weighted by Crippen LogP contribution is 2.35. The van der Waals surface area contributed by atoms with Crippen molar-refractivity contribution in [3.63, 3.8) is 0 Å². The molecular weight excluding hydrogens is 394 g/mol. The van der Waals surface area contributed by atoms with E-state index in [1.165, 1.54) is 17.1 Å². The van der Waals surface area contributed by atoms with Crippen LogP contribution in [0, 0.1) is 6.92 Å². The van der Waals surface area contributed by atoms with E-state index in [0.717, 1.165) is 39.3 Å². The number of carboxylic acids is 1. The predicted molar refractivity (Wildman–Crippen MR) is 113 cm³/mol. The maximum Gasteiger partial charge on any atom is 0.303 e. The fraction of sp³-hybridized carbons (Fsp3) is 0.273. The minimum absolute atomic E-state index is 0.128. The Hall–Kier alpha value is -2.37. The van der Waals surface area contributed by atoms with Crippen molar-refractivity contribution >= 4 is 29.1 Å². The highest BCUT2D eigenvalue weighted by atomic mass is 35.5. The second kappa shape index (κ2) is 9.22. The molecule has 3 rings (SSSR count). The zero-order valence-electron chi connectivity index (χ0n) is 15.9. The molecule has 28 heavy (non-hydrogen) atoms. The van der Waals surface area contributed by atoms with Crippen LogP contribution in [0.1, 0.15) is 35.6 Å². The third-order valence-electron chi connectivity index (χ3n) is 4.68. The standard InChI is InChI=1S/C22H22ClNO3S/c1-3-15-12-17(10-8-16(15)9-11-20(25)26)27-13-19-21(28-24-22(19)23)18-7-5-4-6-14(18)2/h4-8,10,12H,3,9,11,13H2,1-2H3,(H,25,26). The van der Waals surface area contributed by atoms with Gasteiger partial charge in [-0.15, -0.1) is 0 Å².